The summed E-state index contributed by atoms with van der Waals surface area (Å²) >= 11 is 0. The number of nitrogens with one attached hydrogen (secondary N) is 1. The lowest BCUT2D eigenvalue weighted by molar-refractivity contribution is 0.254. The van der Waals surface area contributed by atoms with Gasteiger partial charge in [0.25, 0.3) is 0 Å². The van der Waals surface area contributed by atoms with Gasteiger partial charge in [0.1, 0.15) is 0 Å². The lowest BCUT2D eigenvalue weighted by Crippen LogP contribution is -2.35. The lowest BCUT2D eigenvalue weighted by atomic mass is 9.82. The Morgan fingerprint density at radius 3 is 2.76 bits per heavy atom. The second kappa shape index (κ2) is 5.38. The summed E-state index contributed by atoms with van der Waals surface area (Å²) in [6.45, 7) is 4.84. The maximum Gasteiger partial charge on any atom is 0.0678 e. The second-order valence-electron chi connectivity index (χ2n) is 6.41. The summed E-state index contributed by atoms with van der Waals surface area (Å²) in [5.41, 5.74) is 5.35. The van der Waals surface area contributed by atoms with Crippen molar-refractivity contribution in [3.8, 4) is 0 Å². The zero-order valence-electron chi connectivity index (χ0n) is 11.6. The Balaban J connectivity index is 1.97. The van der Waals surface area contributed by atoms with Crippen LogP contribution in [-0.4, -0.2) is 23.9 Å². The number of hydrazone groups is 1. The molecule has 2 rings (SSSR count). The maximum absolute atomic E-state index is 4.60. The van der Waals surface area contributed by atoms with Crippen molar-refractivity contribution >= 4 is 5.71 Å². The third-order valence-electron chi connectivity index (χ3n) is 4.16. The van der Waals surface area contributed by atoms with Crippen molar-refractivity contribution in [2.75, 3.05) is 7.05 Å². The average molecular weight is 237 g/mol. The molecule has 3 nitrogen and oxygen atoms in total. The van der Waals surface area contributed by atoms with E-state index < -0.39 is 0 Å². The number of hydrazine groups is 1. The fourth-order valence-corrected chi connectivity index (χ4v) is 3.05. The van der Waals surface area contributed by atoms with E-state index in [2.05, 4.69) is 24.4 Å². The predicted molar refractivity (Wildman–Crippen MR) is 72.8 cm³/mol. The summed E-state index contributed by atoms with van der Waals surface area (Å²) in [6.07, 6.45) is 10.5. The summed E-state index contributed by atoms with van der Waals surface area (Å²) in [7, 11) is 2.01. The monoisotopic (exact) mass is 237 g/mol. The molecule has 1 heterocycles. The Morgan fingerprint density at radius 1 is 1.18 bits per heavy atom. The standard InChI is InChI=1S/C14H27N3/c1-14(2)10-6-4-5-8-12-13(9-7-11-14)16-17(3)15-12/h12,15H,4-11H2,1-3H3/t12-/m1/s1. The minimum atomic E-state index is 0.515. The molecular weight excluding hydrogens is 210 g/mol. The van der Waals surface area contributed by atoms with Crippen LogP contribution in [0.2, 0.25) is 0 Å². The molecule has 1 saturated carbocycles. The first-order valence-electron chi connectivity index (χ1n) is 7.14. The molecule has 0 unspecified atom stereocenters. The first-order chi connectivity index (χ1) is 8.07. The lowest BCUT2D eigenvalue weighted by Gasteiger charge is -2.24. The fourth-order valence-electron chi connectivity index (χ4n) is 3.05. The Hall–Kier alpha value is -0.570. The minimum Gasteiger partial charge on any atom is -0.232 e. The molecule has 1 aliphatic heterocycles. The molecule has 17 heavy (non-hydrogen) atoms. The predicted octanol–water partition coefficient (Wildman–Crippen LogP) is 3.32. The molecule has 0 bridgehead atoms. The highest BCUT2D eigenvalue weighted by Crippen LogP contribution is 2.31. The van der Waals surface area contributed by atoms with Crippen LogP contribution in [0, 0.1) is 5.41 Å². The van der Waals surface area contributed by atoms with Crippen LogP contribution in [0.3, 0.4) is 0 Å². The summed E-state index contributed by atoms with van der Waals surface area (Å²) in [5.74, 6) is 0. The summed E-state index contributed by atoms with van der Waals surface area (Å²) < 4.78 is 0. The van der Waals surface area contributed by atoms with Crippen molar-refractivity contribution in [1.82, 2.24) is 10.5 Å². The molecule has 0 saturated heterocycles. The number of hydrogen-bond acceptors (Lipinski definition) is 3. The van der Waals surface area contributed by atoms with Gasteiger partial charge in [-0.25, -0.2) is 10.5 Å². The van der Waals surface area contributed by atoms with Crippen LogP contribution >= 0.6 is 0 Å². The van der Waals surface area contributed by atoms with E-state index in [1.165, 1.54) is 57.1 Å². The first kappa shape index (κ1) is 12.9. The number of hydrogen-bond donors (Lipinski definition) is 1. The molecule has 1 fully saturated rings. The zero-order chi connectivity index (χ0) is 12.3. The smallest absolute Gasteiger partial charge is 0.0678 e. The number of nitrogens with zero attached hydrogens (tertiary/aromatic N) is 2. The number of fused-ring (bicyclic) bond motifs is 1. The molecular formula is C14H27N3. The van der Waals surface area contributed by atoms with Crippen LogP contribution in [0.15, 0.2) is 5.10 Å². The van der Waals surface area contributed by atoms with Crippen molar-refractivity contribution < 1.29 is 0 Å². The highest BCUT2D eigenvalue weighted by atomic mass is 15.7. The Morgan fingerprint density at radius 2 is 1.94 bits per heavy atom. The normalized spacial score (nSPS) is 30.4. The van der Waals surface area contributed by atoms with Crippen molar-refractivity contribution in [3.63, 3.8) is 0 Å². The van der Waals surface area contributed by atoms with Gasteiger partial charge in [-0.3, -0.25) is 0 Å². The molecule has 0 amide bonds. The van der Waals surface area contributed by atoms with E-state index in [-0.39, 0.29) is 0 Å². The van der Waals surface area contributed by atoms with E-state index in [1.807, 2.05) is 12.2 Å². The van der Waals surface area contributed by atoms with Gasteiger partial charge < -0.3 is 0 Å². The Labute approximate surface area is 106 Å². The van der Waals surface area contributed by atoms with Crippen molar-refractivity contribution in [3.05, 3.63) is 0 Å². The van der Waals surface area contributed by atoms with Gasteiger partial charge in [-0.1, -0.05) is 33.1 Å². The third kappa shape index (κ3) is 3.70. The van der Waals surface area contributed by atoms with Gasteiger partial charge in [-0.05, 0) is 37.5 Å². The van der Waals surface area contributed by atoms with Crippen LogP contribution in [0.25, 0.3) is 0 Å². The van der Waals surface area contributed by atoms with E-state index in [0.717, 1.165) is 0 Å². The van der Waals surface area contributed by atoms with Crippen LogP contribution < -0.4 is 5.43 Å². The third-order valence-corrected chi connectivity index (χ3v) is 4.16. The highest BCUT2D eigenvalue weighted by Gasteiger charge is 2.25. The van der Waals surface area contributed by atoms with Gasteiger partial charge in [0.15, 0.2) is 0 Å². The summed E-state index contributed by atoms with van der Waals surface area (Å²) in [6, 6.07) is 0.515. The molecule has 0 aromatic carbocycles. The maximum atomic E-state index is 4.60. The van der Waals surface area contributed by atoms with Gasteiger partial charge in [0.2, 0.25) is 0 Å². The summed E-state index contributed by atoms with van der Waals surface area (Å²) in [5, 5.41) is 6.50. The molecule has 0 radical (unpaired) electrons. The van der Waals surface area contributed by atoms with E-state index in [1.54, 1.807) is 0 Å². The van der Waals surface area contributed by atoms with Crippen LogP contribution in [0.4, 0.5) is 0 Å². The molecule has 2 aliphatic rings. The number of rotatable bonds is 0. The molecule has 3 heteroatoms. The van der Waals surface area contributed by atoms with Gasteiger partial charge in [0, 0.05) is 7.05 Å². The van der Waals surface area contributed by atoms with Gasteiger partial charge in [-0.2, -0.15) is 5.10 Å². The van der Waals surface area contributed by atoms with Crippen LogP contribution in [0.5, 0.6) is 0 Å². The van der Waals surface area contributed by atoms with E-state index >= 15 is 0 Å². The quantitative estimate of drug-likeness (QED) is 0.700. The van der Waals surface area contributed by atoms with E-state index in [0.29, 0.717) is 11.5 Å². The van der Waals surface area contributed by atoms with Crippen LogP contribution in [0.1, 0.15) is 65.2 Å². The molecule has 0 aromatic rings. The summed E-state index contributed by atoms with van der Waals surface area (Å²) in [4.78, 5) is 0. The zero-order valence-corrected chi connectivity index (χ0v) is 11.6. The van der Waals surface area contributed by atoms with E-state index in [4.69, 9.17) is 0 Å². The van der Waals surface area contributed by atoms with Gasteiger partial charge in [-0.15, -0.1) is 0 Å². The molecule has 1 atom stereocenters. The topological polar surface area (TPSA) is 27.6 Å². The fraction of sp³-hybridized carbons (Fsp3) is 0.929. The second-order valence-corrected chi connectivity index (χ2v) is 6.41. The van der Waals surface area contributed by atoms with Crippen LogP contribution in [-0.2, 0) is 0 Å². The molecule has 1 N–H and O–H groups in total. The van der Waals surface area contributed by atoms with Gasteiger partial charge >= 0.3 is 0 Å². The van der Waals surface area contributed by atoms with Gasteiger partial charge in [0.05, 0.1) is 11.8 Å². The first-order valence-corrected chi connectivity index (χ1v) is 7.14. The molecule has 1 aliphatic carbocycles. The molecule has 98 valence electrons. The average Bonchev–Trinajstić information content (AvgIpc) is 2.56. The Kier molecular flexibility index (Phi) is 4.08. The largest absolute Gasteiger partial charge is 0.232 e. The minimum absolute atomic E-state index is 0.515. The van der Waals surface area contributed by atoms with Crippen molar-refractivity contribution in [1.29, 1.82) is 0 Å². The van der Waals surface area contributed by atoms with Crippen molar-refractivity contribution in [2.45, 2.75) is 71.3 Å². The van der Waals surface area contributed by atoms with Crippen molar-refractivity contribution in [2.24, 2.45) is 10.5 Å². The molecule has 0 spiro atoms. The molecule has 0 aromatic heterocycles. The highest BCUT2D eigenvalue weighted by molar-refractivity contribution is 5.90. The van der Waals surface area contributed by atoms with E-state index in [9.17, 15) is 0 Å². The Bertz CT molecular complexity index is 283. The SMILES string of the molecule is CN1N=C2CCCC(C)(C)CCCCC[C@H]2N1.